The van der Waals surface area contributed by atoms with Gasteiger partial charge >= 0.3 is 0 Å². The fourth-order valence-corrected chi connectivity index (χ4v) is 2.90. The molecule has 3 heteroatoms. The van der Waals surface area contributed by atoms with Crippen molar-refractivity contribution in [3.05, 3.63) is 83.1 Å². The summed E-state index contributed by atoms with van der Waals surface area (Å²) in [6.45, 7) is 6.04. The molecule has 0 aliphatic carbocycles. The molecular formula is C22H21NO2. The Morgan fingerprint density at radius 1 is 0.960 bits per heavy atom. The highest BCUT2D eigenvalue weighted by Crippen LogP contribution is 2.23. The van der Waals surface area contributed by atoms with E-state index in [-0.39, 0.29) is 5.91 Å². The minimum absolute atomic E-state index is 0.173. The molecule has 1 aromatic heterocycles. The Bertz CT molecular complexity index is 897. The first-order valence-corrected chi connectivity index (χ1v) is 8.25. The van der Waals surface area contributed by atoms with Crippen molar-refractivity contribution in [3.8, 4) is 11.3 Å². The fourth-order valence-electron chi connectivity index (χ4n) is 2.90. The van der Waals surface area contributed by atoms with Crippen molar-refractivity contribution in [1.29, 1.82) is 0 Å². The van der Waals surface area contributed by atoms with Crippen LogP contribution in [0.25, 0.3) is 17.4 Å². The Balaban J connectivity index is 1.71. The molecule has 25 heavy (non-hydrogen) atoms. The van der Waals surface area contributed by atoms with Gasteiger partial charge in [0.1, 0.15) is 11.5 Å². The van der Waals surface area contributed by atoms with Gasteiger partial charge in [0.05, 0.1) is 0 Å². The lowest BCUT2D eigenvalue weighted by atomic mass is 10.1. The first-order valence-electron chi connectivity index (χ1n) is 8.25. The molecule has 3 rings (SSSR count). The number of benzene rings is 2. The van der Waals surface area contributed by atoms with Gasteiger partial charge in [0.15, 0.2) is 0 Å². The molecule has 0 atom stereocenters. The monoisotopic (exact) mass is 331 g/mol. The third-order valence-corrected chi connectivity index (χ3v) is 4.01. The molecule has 126 valence electrons. The van der Waals surface area contributed by atoms with Crippen LogP contribution in [0.3, 0.4) is 0 Å². The Hall–Kier alpha value is -3.07. The summed E-state index contributed by atoms with van der Waals surface area (Å²) in [6, 6.07) is 17.8. The lowest BCUT2D eigenvalue weighted by Gasteiger charge is -2.11. The summed E-state index contributed by atoms with van der Waals surface area (Å²) in [5.41, 5.74) is 5.18. The van der Waals surface area contributed by atoms with E-state index in [1.54, 1.807) is 6.08 Å². The van der Waals surface area contributed by atoms with E-state index >= 15 is 0 Å². The molecule has 0 saturated carbocycles. The van der Waals surface area contributed by atoms with Crippen LogP contribution < -0.4 is 5.32 Å². The molecular weight excluding hydrogens is 310 g/mol. The number of amides is 1. The van der Waals surface area contributed by atoms with Gasteiger partial charge < -0.3 is 9.73 Å². The summed E-state index contributed by atoms with van der Waals surface area (Å²) < 4.78 is 5.77. The second-order valence-corrected chi connectivity index (χ2v) is 6.16. The van der Waals surface area contributed by atoms with Gasteiger partial charge in [-0.3, -0.25) is 4.79 Å². The fraction of sp³-hybridized carbons (Fsp3) is 0.136. The largest absolute Gasteiger partial charge is 0.457 e. The molecule has 0 spiro atoms. The van der Waals surface area contributed by atoms with Crippen molar-refractivity contribution < 1.29 is 9.21 Å². The third kappa shape index (κ3) is 4.07. The lowest BCUT2D eigenvalue weighted by Crippen LogP contribution is -2.10. The number of hydrogen-bond acceptors (Lipinski definition) is 2. The maximum atomic E-state index is 12.2. The molecule has 0 bridgehead atoms. The second-order valence-electron chi connectivity index (χ2n) is 6.16. The number of hydrogen-bond donors (Lipinski definition) is 1. The number of carbonyl (C=O) groups is 1. The Kier molecular flexibility index (Phi) is 4.85. The normalized spacial score (nSPS) is 11.0. The van der Waals surface area contributed by atoms with E-state index in [0.29, 0.717) is 5.76 Å². The number of nitrogens with one attached hydrogen (secondary N) is 1. The minimum atomic E-state index is -0.173. The molecule has 3 aromatic rings. The van der Waals surface area contributed by atoms with Gasteiger partial charge in [-0.15, -0.1) is 0 Å². The topological polar surface area (TPSA) is 42.2 Å². The molecule has 0 unspecified atom stereocenters. The van der Waals surface area contributed by atoms with Crippen molar-refractivity contribution in [2.45, 2.75) is 20.8 Å². The summed E-state index contributed by atoms with van der Waals surface area (Å²) in [7, 11) is 0. The summed E-state index contributed by atoms with van der Waals surface area (Å²) in [5.74, 6) is 1.25. The quantitative estimate of drug-likeness (QED) is 0.639. The van der Waals surface area contributed by atoms with Gasteiger partial charge in [0.2, 0.25) is 5.91 Å². The van der Waals surface area contributed by atoms with Crippen LogP contribution in [0.4, 0.5) is 5.69 Å². The number of rotatable bonds is 4. The zero-order chi connectivity index (χ0) is 17.8. The molecule has 1 N–H and O–H groups in total. The maximum absolute atomic E-state index is 12.2. The zero-order valence-electron chi connectivity index (χ0n) is 14.7. The maximum Gasteiger partial charge on any atom is 0.248 e. The number of carbonyl (C=O) groups excluding carboxylic acids is 1. The number of anilines is 1. The van der Waals surface area contributed by atoms with Gasteiger partial charge in [0.25, 0.3) is 0 Å². The minimum Gasteiger partial charge on any atom is -0.457 e. The van der Waals surface area contributed by atoms with Crippen LogP contribution in [0, 0.1) is 20.8 Å². The number of furan rings is 1. The van der Waals surface area contributed by atoms with Crippen LogP contribution in [0.2, 0.25) is 0 Å². The first kappa shape index (κ1) is 16.8. The second kappa shape index (κ2) is 7.22. The highest BCUT2D eigenvalue weighted by Gasteiger charge is 2.07. The molecule has 3 nitrogen and oxygen atoms in total. The summed E-state index contributed by atoms with van der Waals surface area (Å²) in [4.78, 5) is 12.2. The van der Waals surface area contributed by atoms with Crippen LogP contribution in [0.15, 0.2) is 65.1 Å². The van der Waals surface area contributed by atoms with Gasteiger partial charge in [-0.2, -0.15) is 0 Å². The van der Waals surface area contributed by atoms with Crippen LogP contribution >= 0.6 is 0 Å². The zero-order valence-corrected chi connectivity index (χ0v) is 14.7. The van der Waals surface area contributed by atoms with E-state index < -0.39 is 0 Å². The first-order chi connectivity index (χ1) is 12.0. The van der Waals surface area contributed by atoms with E-state index in [2.05, 4.69) is 17.4 Å². The van der Waals surface area contributed by atoms with Crippen molar-refractivity contribution in [2.75, 3.05) is 5.32 Å². The van der Waals surface area contributed by atoms with Crippen molar-refractivity contribution in [1.82, 2.24) is 0 Å². The number of aryl methyl sites for hydroxylation is 3. The molecule has 2 aromatic carbocycles. The van der Waals surface area contributed by atoms with Gasteiger partial charge in [-0.05, 0) is 50.1 Å². The smallest absolute Gasteiger partial charge is 0.248 e. The molecule has 1 amide bonds. The van der Waals surface area contributed by atoms with E-state index in [9.17, 15) is 4.79 Å². The van der Waals surface area contributed by atoms with E-state index in [0.717, 1.165) is 28.1 Å². The van der Waals surface area contributed by atoms with Crippen LogP contribution in [-0.2, 0) is 4.79 Å². The third-order valence-electron chi connectivity index (χ3n) is 4.01. The molecule has 1 heterocycles. The summed E-state index contributed by atoms with van der Waals surface area (Å²) >= 11 is 0. The van der Waals surface area contributed by atoms with Crippen LogP contribution in [0.5, 0.6) is 0 Å². The van der Waals surface area contributed by atoms with Crippen molar-refractivity contribution in [3.63, 3.8) is 0 Å². The van der Waals surface area contributed by atoms with Crippen LogP contribution in [0.1, 0.15) is 22.5 Å². The van der Waals surface area contributed by atoms with E-state index in [4.69, 9.17) is 4.42 Å². The predicted molar refractivity (Wildman–Crippen MR) is 102 cm³/mol. The molecule has 0 radical (unpaired) electrons. The standard InChI is InChI=1S/C22H21NO2/c1-15-13-16(2)22(17(3)14-15)23-21(24)12-10-19-9-11-20(25-19)18-7-5-4-6-8-18/h4-14H,1-3H3,(H,23,24)/b12-10+. The SMILES string of the molecule is Cc1cc(C)c(NC(=O)/C=C/c2ccc(-c3ccccc3)o2)c(C)c1. The highest BCUT2D eigenvalue weighted by molar-refractivity contribution is 6.02. The molecule has 0 aliphatic rings. The van der Waals surface area contributed by atoms with Gasteiger partial charge in [-0.1, -0.05) is 48.0 Å². The van der Waals surface area contributed by atoms with E-state index in [1.807, 2.05) is 63.2 Å². The van der Waals surface area contributed by atoms with Crippen LogP contribution in [-0.4, -0.2) is 5.91 Å². The highest BCUT2D eigenvalue weighted by atomic mass is 16.3. The molecule has 0 aliphatic heterocycles. The Morgan fingerprint density at radius 3 is 2.32 bits per heavy atom. The summed E-state index contributed by atoms with van der Waals surface area (Å²) in [6.07, 6.45) is 3.17. The van der Waals surface area contributed by atoms with Gasteiger partial charge in [0, 0.05) is 17.3 Å². The average molecular weight is 331 g/mol. The Labute approximate surface area is 148 Å². The Morgan fingerprint density at radius 2 is 1.64 bits per heavy atom. The summed E-state index contributed by atoms with van der Waals surface area (Å²) in [5, 5.41) is 2.95. The predicted octanol–water partition coefficient (Wildman–Crippen LogP) is 5.52. The molecule has 0 fully saturated rings. The van der Waals surface area contributed by atoms with E-state index in [1.165, 1.54) is 11.6 Å². The molecule has 0 saturated heterocycles. The van der Waals surface area contributed by atoms with Gasteiger partial charge in [-0.25, -0.2) is 0 Å². The van der Waals surface area contributed by atoms with Crippen molar-refractivity contribution >= 4 is 17.7 Å². The van der Waals surface area contributed by atoms with Crippen molar-refractivity contribution in [2.24, 2.45) is 0 Å². The lowest BCUT2D eigenvalue weighted by molar-refractivity contribution is -0.111. The average Bonchev–Trinajstić information content (AvgIpc) is 3.06.